The molecule has 1 aromatic heterocycles. The fourth-order valence-corrected chi connectivity index (χ4v) is 1.37. The third-order valence-corrected chi connectivity index (χ3v) is 2.10. The Balaban J connectivity index is 2.69. The van der Waals surface area contributed by atoms with E-state index in [0.717, 1.165) is 5.56 Å². The van der Waals surface area contributed by atoms with Crippen LogP contribution in [0.4, 0.5) is 0 Å². The standard InChI is InChI=1S/C10H9NO3/c11-4-6-1-2-9-7(3-6)8(5-14-9)10(12)13/h1-3,5H,4,11H2,(H,12,13). The molecule has 1 heterocycles. The highest BCUT2D eigenvalue weighted by atomic mass is 16.4. The molecule has 0 radical (unpaired) electrons. The summed E-state index contributed by atoms with van der Waals surface area (Å²) in [5.41, 5.74) is 7.09. The first kappa shape index (κ1) is 8.77. The normalized spacial score (nSPS) is 10.6. The Kier molecular flexibility index (Phi) is 1.98. The summed E-state index contributed by atoms with van der Waals surface area (Å²) in [5.74, 6) is -0.988. The van der Waals surface area contributed by atoms with E-state index in [1.165, 1.54) is 6.26 Å². The van der Waals surface area contributed by atoms with Gasteiger partial charge < -0.3 is 15.3 Å². The van der Waals surface area contributed by atoms with Crippen molar-refractivity contribution < 1.29 is 14.3 Å². The zero-order valence-electron chi connectivity index (χ0n) is 7.36. The van der Waals surface area contributed by atoms with Gasteiger partial charge >= 0.3 is 5.97 Å². The van der Waals surface area contributed by atoms with Crippen molar-refractivity contribution in [3.8, 4) is 0 Å². The van der Waals surface area contributed by atoms with E-state index in [1.54, 1.807) is 12.1 Å². The zero-order valence-corrected chi connectivity index (χ0v) is 7.36. The van der Waals surface area contributed by atoms with Crippen molar-refractivity contribution in [2.45, 2.75) is 6.54 Å². The molecule has 0 aliphatic heterocycles. The molecule has 0 bridgehead atoms. The topological polar surface area (TPSA) is 76.5 Å². The molecule has 2 aromatic rings. The lowest BCUT2D eigenvalue weighted by Gasteiger charge is -1.96. The molecule has 3 N–H and O–H groups in total. The van der Waals surface area contributed by atoms with Crippen molar-refractivity contribution in [3.05, 3.63) is 35.6 Å². The van der Waals surface area contributed by atoms with Gasteiger partial charge in [-0.1, -0.05) is 6.07 Å². The molecule has 0 aliphatic carbocycles. The van der Waals surface area contributed by atoms with Crippen LogP contribution in [0.3, 0.4) is 0 Å². The number of carboxylic acids is 1. The number of nitrogens with two attached hydrogens (primary N) is 1. The molecule has 0 unspecified atom stereocenters. The highest BCUT2D eigenvalue weighted by Crippen LogP contribution is 2.22. The third kappa shape index (κ3) is 1.25. The molecule has 4 nitrogen and oxygen atoms in total. The molecule has 1 aromatic carbocycles. The maximum atomic E-state index is 10.8. The molecule has 4 heteroatoms. The summed E-state index contributed by atoms with van der Waals surface area (Å²) in [6.45, 7) is 0.389. The fourth-order valence-electron chi connectivity index (χ4n) is 1.37. The van der Waals surface area contributed by atoms with E-state index in [2.05, 4.69) is 0 Å². The first-order valence-electron chi connectivity index (χ1n) is 4.16. The lowest BCUT2D eigenvalue weighted by Crippen LogP contribution is -1.97. The molecule has 0 saturated heterocycles. The lowest BCUT2D eigenvalue weighted by molar-refractivity contribution is 0.0698. The summed E-state index contributed by atoms with van der Waals surface area (Å²) in [7, 11) is 0. The molecule has 0 atom stereocenters. The van der Waals surface area contributed by atoms with E-state index in [4.69, 9.17) is 15.3 Å². The Morgan fingerprint density at radius 1 is 1.50 bits per heavy atom. The van der Waals surface area contributed by atoms with Gasteiger partial charge in [-0.2, -0.15) is 0 Å². The van der Waals surface area contributed by atoms with Crippen molar-refractivity contribution in [2.75, 3.05) is 0 Å². The Bertz CT molecular complexity index is 487. The lowest BCUT2D eigenvalue weighted by atomic mass is 10.1. The average Bonchev–Trinajstić information content (AvgIpc) is 2.59. The van der Waals surface area contributed by atoms with Crippen LogP contribution < -0.4 is 5.73 Å². The molecule has 72 valence electrons. The Hall–Kier alpha value is -1.81. The number of carboxylic acid groups (broad SMARTS) is 1. The number of carbonyl (C=O) groups is 1. The van der Waals surface area contributed by atoms with E-state index < -0.39 is 5.97 Å². The predicted octanol–water partition coefficient (Wildman–Crippen LogP) is 1.59. The van der Waals surface area contributed by atoms with E-state index in [1.807, 2.05) is 6.07 Å². The summed E-state index contributed by atoms with van der Waals surface area (Å²) < 4.78 is 5.09. The van der Waals surface area contributed by atoms with Crippen LogP contribution in [0.25, 0.3) is 11.0 Å². The van der Waals surface area contributed by atoms with Crippen molar-refractivity contribution in [1.82, 2.24) is 0 Å². The monoisotopic (exact) mass is 191 g/mol. The molecule has 0 amide bonds. The van der Waals surface area contributed by atoms with Crippen molar-refractivity contribution in [2.24, 2.45) is 5.73 Å². The van der Waals surface area contributed by atoms with Gasteiger partial charge in [-0.3, -0.25) is 0 Å². The van der Waals surface area contributed by atoms with Crippen LogP contribution in [0.2, 0.25) is 0 Å². The number of fused-ring (bicyclic) bond motifs is 1. The molecule has 0 spiro atoms. The predicted molar refractivity (Wildman–Crippen MR) is 51.1 cm³/mol. The van der Waals surface area contributed by atoms with Crippen LogP contribution in [0.15, 0.2) is 28.9 Å². The highest BCUT2D eigenvalue weighted by molar-refractivity contribution is 6.02. The minimum absolute atomic E-state index is 0.176. The Morgan fingerprint density at radius 3 is 2.93 bits per heavy atom. The molecule has 0 aliphatic rings. The first-order valence-corrected chi connectivity index (χ1v) is 4.16. The van der Waals surface area contributed by atoms with E-state index in [0.29, 0.717) is 17.5 Å². The quantitative estimate of drug-likeness (QED) is 0.755. The Labute approximate surface area is 79.9 Å². The summed E-state index contributed by atoms with van der Waals surface area (Å²) in [6.07, 6.45) is 1.24. The van der Waals surface area contributed by atoms with Crippen LogP contribution in [-0.2, 0) is 6.54 Å². The number of hydrogen-bond donors (Lipinski definition) is 2. The SMILES string of the molecule is NCc1ccc2occ(C(=O)O)c2c1. The van der Waals surface area contributed by atoms with Gasteiger partial charge in [0.15, 0.2) is 0 Å². The van der Waals surface area contributed by atoms with Gasteiger partial charge in [0.25, 0.3) is 0 Å². The number of rotatable bonds is 2. The maximum absolute atomic E-state index is 10.8. The second-order valence-corrected chi connectivity index (χ2v) is 2.99. The minimum atomic E-state index is -0.988. The van der Waals surface area contributed by atoms with Gasteiger partial charge in [0, 0.05) is 11.9 Å². The molecule has 14 heavy (non-hydrogen) atoms. The van der Waals surface area contributed by atoms with E-state index >= 15 is 0 Å². The van der Waals surface area contributed by atoms with Gasteiger partial charge in [-0.05, 0) is 17.7 Å². The van der Waals surface area contributed by atoms with E-state index in [9.17, 15) is 4.79 Å². The second kappa shape index (κ2) is 3.16. The van der Waals surface area contributed by atoms with Crippen LogP contribution in [0, 0.1) is 0 Å². The summed E-state index contributed by atoms with van der Waals surface area (Å²) >= 11 is 0. The van der Waals surface area contributed by atoms with Gasteiger partial charge in [0.1, 0.15) is 17.4 Å². The Morgan fingerprint density at radius 2 is 2.29 bits per heavy atom. The molecule has 2 rings (SSSR count). The molecule has 0 saturated carbocycles. The van der Waals surface area contributed by atoms with Gasteiger partial charge in [-0.25, -0.2) is 4.79 Å². The van der Waals surface area contributed by atoms with Crippen LogP contribution in [0.1, 0.15) is 15.9 Å². The second-order valence-electron chi connectivity index (χ2n) is 2.99. The fraction of sp³-hybridized carbons (Fsp3) is 0.100. The zero-order chi connectivity index (χ0) is 10.1. The smallest absolute Gasteiger partial charge is 0.339 e. The van der Waals surface area contributed by atoms with Gasteiger partial charge in [0.2, 0.25) is 0 Å². The molecule has 0 fully saturated rings. The summed E-state index contributed by atoms with van der Waals surface area (Å²) in [5, 5.41) is 9.44. The van der Waals surface area contributed by atoms with Crippen LogP contribution in [0.5, 0.6) is 0 Å². The number of aromatic carboxylic acids is 1. The van der Waals surface area contributed by atoms with E-state index in [-0.39, 0.29) is 5.56 Å². The van der Waals surface area contributed by atoms with Crippen molar-refractivity contribution in [3.63, 3.8) is 0 Å². The van der Waals surface area contributed by atoms with Crippen molar-refractivity contribution in [1.29, 1.82) is 0 Å². The summed E-state index contributed by atoms with van der Waals surface area (Å²) in [6, 6.07) is 5.28. The maximum Gasteiger partial charge on any atom is 0.339 e. The largest absolute Gasteiger partial charge is 0.478 e. The number of benzene rings is 1. The number of hydrogen-bond acceptors (Lipinski definition) is 3. The average molecular weight is 191 g/mol. The van der Waals surface area contributed by atoms with Crippen LogP contribution >= 0.6 is 0 Å². The highest BCUT2D eigenvalue weighted by Gasteiger charge is 2.12. The number of furan rings is 1. The first-order chi connectivity index (χ1) is 6.72. The third-order valence-electron chi connectivity index (χ3n) is 2.10. The molecular weight excluding hydrogens is 182 g/mol. The summed E-state index contributed by atoms with van der Waals surface area (Å²) in [4.78, 5) is 10.8. The van der Waals surface area contributed by atoms with Gasteiger partial charge in [-0.15, -0.1) is 0 Å². The minimum Gasteiger partial charge on any atom is -0.478 e. The van der Waals surface area contributed by atoms with Gasteiger partial charge in [0.05, 0.1) is 0 Å². The van der Waals surface area contributed by atoms with Crippen molar-refractivity contribution >= 4 is 16.9 Å². The van der Waals surface area contributed by atoms with Crippen LogP contribution in [-0.4, -0.2) is 11.1 Å². The molecular formula is C10H9NO3.